The Kier molecular flexibility index (Phi) is 4.27. The molecule has 4 rings (SSSR count). The van der Waals surface area contributed by atoms with Gasteiger partial charge in [0.05, 0.1) is 29.3 Å². The van der Waals surface area contributed by atoms with Gasteiger partial charge >= 0.3 is 0 Å². The zero-order chi connectivity index (χ0) is 19.1. The van der Waals surface area contributed by atoms with E-state index >= 15 is 0 Å². The van der Waals surface area contributed by atoms with Crippen molar-refractivity contribution in [2.75, 3.05) is 12.4 Å². The molecule has 1 N–H and O–H groups in total. The molecule has 0 saturated heterocycles. The third kappa shape index (κ3) is 3.02. The largest absolute Gasteiger partial charge is 0.494 e. The zero-order valence-electron chi connectivity index (χ0n) is 15.5. The van der Waals surface area contributed by atoms with E-state index in [9.17, 15) is 4.79 Å². The van der Waals surface area contributed by atoms with Crippen LogP contribution in [0, 0.1) is 6.92 Å². The van der Waals surface area contributed by atoms with Crippen LogP contribution in [-0.2, 0) is 0 Å². The number of pyridine rings is 1. The van der Waals surface area contributed by atoms with Crippen LogP contribution in [0.3, 0.4) is 0 Å². The quantitative estimate of drug-likeness (QED) is 0.573. The number of carbonyl (C=O) groups excluding carboxylic acids is 1. The molecule has 1 aromatic carbocycles. The second kappa shape index (κ2) is 6.62. The molecule has 0 spiro atoms. The lowest BCUT2D eigenvalue weighted by Crippen LogP contribution is -2.14. The highest BCUT2D eigenvalue weighted by molar-refractivity contribution is 7.22. The Morgan fingerprint density at radius 3 is 2.85 bits per heavy atom. The van der Waals surface area contributed by atoms with E-state index in [-0.39, 0.29) is 11.9 Å². The average molecular weight is 381 g/mol. The third-order valence-electron chi connectivity index (χ3n) is 4.32. The molecule has 3 heterocycles. The number of benzene rings is 1. The fourth-order valence-corrected chi connectivity index (χ4v) is 3.86. The minimum absolute atomic E-state index is 0.201. The molecule has 0 aliphatic carbocycles. The standard InChI is InChI=1S/C19H19N5O2S/c1-10(2)24-17-12(9-20-24)8-13(11(3)21-17)18(25)23-19-22-16-14(26-4)6-5-7-15(16)27-19/h5-10H,1-4H3,(H,22,23,25). The van der Waals surface area contributed by atoms with Crippen LogP contribution >= 0.6 is 11.3 Å². The lowest BCUT2D eigenvalue weighted by atomic mass is 10.1. The number of fused-ring (bicyclic) bond motifs is 2. The summed E-state index contributed by atoms with van der Waals surface area (Å²) in [5.74, 6) is 0.446. The van der Waals surface area contributed by atoms with E-state index < -0.39 is 0 Å². The van der Waals surface area contributed by atoms with Gasteiger partial charge in [0.15, 0.2) is 10.8 Å². The molecule has 0 saturated carbocycles. The van der Waals surface area contributed by atoms with Crippen LogP contribution in [0.5, 0.6) is 5.75 Å². The van der Waals surface area contributed by atoms with Gasteiger partial charge in [0.2, 0.25) is 0 Å². The normalized spacial score (nSPS) is 11.4. The highest BCUT2D eigenvalue weighted by atomic mass is 32.1. The molecule has 27 heavy (non-hydrogen) atoms. The van der Waals surface area contributed by atoms with Crippen LogP contribution in [0.4, 0.5) is 5.13 Å². The molecule has 3 aromatic heterocycles. The van der Waals surface area contributed by atoms with Crippen molar-refractivity contribution in [1.82, 2.24) is 19.7 Å². The number of anilines is 1. The van der Waals surface area contributed by atoms with Gasteiger partial charge in [-0.1, -0.05) is 17.4 Å². The first-order valence-corrected chi connectivity index (χ1v) is 9.39. The zero-order valence-corrected chi connectivity index (χ0v) is 16.3. The maximum Gasteiger partial charge on any atom is 0.259 e. The predicted molar refractivity (Wildman–Crippen MR) is 107 cm³/mol. The van der Waals surface area contributed by atoms with E-state index in [1.807, 2.05) is 49.7 Å². The first-order chi connectivity index (χ1) is 13.0. The summed E-state index contributed by atoms with van der Waals surface area (Å²) in [6.45, 7) is 5.92. The highest BCUT2D eigenvalue weighted by Gasteiger charge is 2.17. The summed E-state index contributed by atoms with van der Waals surface area (Å²) in [4.78, 5) is 21.9. The maximum atomic E-state index is 12.8. The van der Waals surface area contributed by atoms with Crippen LogP contribution in [0.25, 0.3) is 21.3 Å². The number of para-hydroxylation sites is 1. The number of amides is 1. The second-order valence-corrected chi connectivity index (χ2v) is 7.53. The second-order valence-electron chi connectivity index (χ2n) is 6.50. The number of hydrogen-bond donors (Lipinski definition) is 1. The van der Waals surface area contributed by atoms with Crippen LogP contribution in [0.15, 0.2) is 30.5 Å². The number of ether oxygens (including phenoxy) is 1. The van der Waals surface area contributed by atoms with Gasteiger partial charge in [-0.25, -0.2) is 14.6 Å². The SMILES string of the molecule is COc1cccc2sc(NC(=O)c3cc4cnn(C(C)C)c4nc3C)nc12. The lowest BCUT2D eigenvalue weighted by Gasteiger charge is -2.09. The Balaban J connectivity index is 1.68. The van der Waals surface area contributed by atoms with Gasteiger partial charge in [-0.05, 0) is 39.0 Å². The molecule has 0 aliphatic rings. The Labute approximate surface area is 160 Å². The number of carbonyl (C=O) groups is 1. The molecule has 0 aliphatic heterocycles. The van der Waals surface area contributed by atoms with E-state index in [0.717, 1.165) is 21.3 Å². The number of hydrogen-bond acceptors (Lipinski definition) is 6. The summed E-state index contributed by atoms with van der Waals surface area (Å²) in [6, 6.07) is 7.73. The Bertz CT molecular complexity index is 1160. The molecular formula is C19H19N5O2S. The number of aromatic nitrogens is 4. The number of thiazole rings is 1. The van der Waals surface area contributed by atoms with E-state index in [4.69, 9.17) is 4.74 Å². The van der Waals surface area contributed by atoms with Gasteiger partial charge in [0.1, 0.15) is 11.3 Å². The molecule has 0 bridgehead atoms. The van der Waals surface area contributed by atoms with Crippen molar-refractivity contribution in [3.63, 3.8) is 0 Å². The first-order valence-electron chi connectivity index (χ1n) is 8.57. The van der Waals surface area contributed by atoms with Gasteiger partial charge in [-0.3, -0.25) is 10.1 Å². The fourth-order valence-electron chi connectivity index (χ4n) is 2.98. The van der Waals surface area contributed by atoms with Gasteiger partial charge < -0.3 is 4.74 Å². The molecule has 0 atom stereocenters. The number of nitrogens with one attached hydrogen (secondary N) is 1. The minimum Gasteiger partial charge on any atom is -0.494 e. The van der Waals surface area contributed by atoms with Gasteiger partial charge in [0.25, 0.3) is 5.91 Å². The topological polar surface area (TPSA) is 81.9 Å². The average Bonchev–Trinajstić information content (AvgIpc) is 3.23. The predicted octanol–water partition coefficient (Wildman–Crippen LogP) is 4.19. The smallest absolute Gasteiger partial charge is 0.259 e. The monoisotopic (exact) mass is 381 g/mol. The van der Waals surface area contributed by atoms with E-state index in [0.29, 0.717) is 22.1 Å². The summed E-state index contributed by atoms with van der Waals surface area (Å²) < 4.78 is 8.13. The van der Waals surface area contributed by atoms with Crippen molar-refractivity contribution in [3.8, 4) is 5.75 Å². The molecule has 0 fully saturated rings. The number of aryl methyl sites for hydroxylation is 1. The molecule has 0 radical (unpaired) electrons. The molecule has 0 unspecified atom stereocenters. The fraction of sp³-hybridized carbons (Fsp3) is 0.263. The number of rotatable bonds is 4. The van der Waals surface area contributed by atoms with Crippen molar-refractivity contribution in [3.05, 3.63) is 41.7 Å². The lowest BCUT2D eigenvalue weighted by molar-refractivity contribution is 0.102. The molecular weight excluding hydrogens is 362 g/mol. The molecule has 138 valence electrons. The van der Waals surface area contributed by atoms with Crippen LogP contribution in [-0.4, -0.2) is 32.8 Å². The maximum absolute atomic E-state index is 12.8. The summed E-state index contributed by atoms with van der Waals surface area (Å²) >= 11 is 1.41. The van der Waals surface area contributed by atoms with Crippen molar-refractivity contribution in [2.45, 2.75) is 26.8 Å². The summed E-state index contributed by atoms with van der Waals surface area (Å²) in [5.41, 5.74) is 2.69. The van der Waals surface area contributed by atoms with E-state index in [1.54, 1.807) is 13.3 Å². The Morgan fingerprint density at radius 2 is 2.11 bits per heavy atom. The van der Waals surface area contributed by atoms with E-state index in [1.165, 1.54) is 11.3 Å². The molecule has 4 aromatic rings. The van der Waals surface area contributed by atoms with Crippen LogP contribution in [0.1, 0.15) is 35.9 Å². The van der Waals surface area contributed by atoms with Gasteiger partial charge in [0, 0.05) is 11.4 Å². The number of nitrogens with zero attached hydrogens (tertiary/aromatic N) is 4. The Morgan fingerprint density at radius 1 is 1.30 bits per heavy atom. The van der Waals surface area contributed by atoms with Gasteiger partial charge in [-0.15, -0.1) is 0 Å². The summed E-state index contributed by atoms with van der Waals surface area (Å²) in [5, 5.41) is 8.61. The molecule has 8 heteroatoms. The summed E-state index contributed by atoms with van der Waals surface area (Å²) in [7, 11) is 1.61. The number of methoxy groups -OCH3 is 1. The molecule has 7 nitrogen and oxygen atoms in total. The van der Waals surface area contributed by atoms with Crippen LogP contribution in [0.2, 0.25) is 0 Å². The van der Waals surface area contributed by atoms with Crippen molar-refractivity contribution >= 4 is 43.6 Å². The first kappa shape index (κ1) is 17.4. The van der Waals surface area contributed by atoms with Crippen molar-refractivity contribution in [2.24, 2.45) is 0 Å². The Hall–Kier alpha value is -3.00. The van der Waals surface area contributed by atoms with Gasteiger partial charge in [-0.2, -0.15) is 5.10 Å². The molecule has 1 amide bonds. The third-order valence-corrected chi connectivity index (χ3v) is 5.25. The van der Waals surface area contributed by atoms with Crippen LogP contribution < -0.4 is 10.1 Å². The minimum atomic E-state index is -0.239. The van der Waals surface area contributed by atoms with E-state index in [2.05, 4.69) is 20.4 Å². The highest BCUT2D eigenvalue weighted by Crippen LogP contribution is 2.32. The van der Waals surface area contributed by atoms with Crippen molar-refractivity contribution < 1.29 is 9.53 Å². The summed E-state index contributed by atoms with van der Waals surface area (Å²) in [6.07, 6.45) is 1.74. The van der Waals surface area contributed by atoms with Crippen molar-refractivity contribution in [1.29, 1.82) is 0 Å².